The molecule has 0 radical (unpaired) electrons. The average molecular weight is 305 g/mol. The van der Waals surface area contributed by atoms with Crippen LogP contribution in [0.25, 0.3) is 0 Å². The first-order valence-corrected chi connectivity index (χ1v) is 7.40. The Balaban J connectivity index is -0.0000000409. The predicted molar refractivity (Wildman–Crippen MR) is 87.5 cm³/mol. The van der Waals surface area contributed by atoms with Crippen molar-refractivity contribution in [2.45, 2.75) is 68.7 Å². The molecule has 0 aliphatic carbocycles. The van der Waals surface area contributed by atoms with Gasteiger partial charge in [0, 0.05) is 40.1 Å². The normalized spacial score (nSPS) is 8.84. The lowest BCUT2D eigenvalue weighted by atomic mass is 10.5. The maximum Gasteiger partial charge on any atom is 0.497 e. The van der Waals surface area contributed by atoms with Crippen LogP contribution in [-0.4, -0.2) is 52.6 Å². The lowest BCUT2D eigenvalue weighted by Gasteiger charge is -2.24. The fourth-order valence-corrected chi connectivity index (χ4v) is 1.82. The SMILES string of the molecule is C.C.C.CC(C)O.CO.CO[Si](C)(OC)OC(C)C. The molecule has 0 aliphatic heterocycles. The third-order valence-corrected chi connectivity index (χ3v) is 3.57. The summed E-state index contributed by atoms with van der Waals surface area (Å²) in [6, 6.07) is 0. The molecule has 0 aromatic carbocycles. The first-order valence-electron chi connectivity index (χ1n) is 5.18. The van der Waals surface area contributed by atoms with E-state index >= 15 is 0 Å². The molecule has 0 bridgehead atoms. The van der Waals surface area contributed by atoms with Gasteiger partial charge in [-0.25, -0.2) is 0 Å². The molecular formula is C13H40O5Si. The van der Waals surface area contributed by atoms with Crippen LogP contribution >= 0.6 is 0 Å². The van der Waals surface area contributed by atoms with Gasteiger partial charge in [0.05, 0.1) is 0 Å². The first-order chi connectivity index (χ1) is 7.27. The monoisotopic (exact) mass is 304 g/mol. The second-order valence-electron chi connectivity index (χ2n) is 3.53. The van der Waals surface area contributed by atoms with Crippen LogP contribution < -0.4 is 0 Å². The molecule has 126 valence electrons. The Kier molecular flexibility index (Phi) is 44.4. The molecule has 0 unspecified atom stereocenters. The summed E-state index contributed by atoms with van der Waals surface area (Å²) in [6.07, 6.45) is -0.00318. The minimum atomic E-state index is -2.26. The highest BCUT2D eigenvalue weighted by Gasteiger charge is 2.32. The van der Waals surface area contributed by atoms with Crippen LogP contribution in [0, 0.1) is 0 Å². The Morgan fingerprint density at radius 2 is 1.05 bits per heavy atom. The highest BCUT2D eigenvalue weighted by molar-refractivity contribution is 6.59. The molecule has 0 heterocycles. The van der Waals surface area contributed by atoms with Crippen molar-refractivity contribution in [1.29, 1.82) is 0 Å². The van der Waals surface area contributed by atoms with E-state index in [1.807, 2.05) is 20.4 Å². The molecule has 0 saturated carbocycles. The van der Waals surface area contributed by atoms with Crippen LogP contribution in [0.4, 0.5) is 0 Å². The molecule has 0 aromatic rings. The summed E-state index contributed by atoms with van der Waals surface area (Å²) in [4.78, 5) is 0. The number of aliphatic hydroxyl groups excluding tert-OH is 2. The smallest absolute Gasteiger partial charge is 0.400 e. The number of hydrogen-bond acceptors (Lipinski definition) is 5. The molecule has 0 saturated heterocycles. The van der Waals surface area contributed by atoms with Gasteiger partial charge >= 0.3 is 8.80 Å². The first kappa shape index (κ1) is 36.4. The minimum absolute atomic E-state index is 0. The van der Waals surface area contributed by atoms with Gasteiger partial charge in [-0.05, 0) is 27.7 Å². The van der Waals surface area contributed by atoms with Gasteiger partial charge in [-0.15, -0.1) is 0 Å². The van der Waals surface area contributed by atoms with E-state index in [1.165, 1.54) is 0 Å². The molecule has 6 heteroatoms. The molecule has 2 N–H and O–H groups in total. The van der Waals surface area contributed by atoms with Gasteiger partial charge in [0.15, 0.2) is 0 Å². The Hall–Kier alpha value is 0.0169. The maximum absolute atomic E-state index is 8.06. The summed E-state index contributed by atoms with van der Waals surface area (Å²) in [5, 5.41) is 15.1. The lowest BCUT2D eigenvalue weighted by molar-refractivity contribution is 0.0766. The zero-order chi connectivity index (χ0) is 13.8. The van der Waals surface area contributed by atoms with Gasteiger partial charge in [-0.1, -0.05) is 22.3 Å². The number of aliphatic hydroxyl groups is 2. The Morgan fingerprint density at radius 3 is 1.11 bits per heavy atom. The van der Waals surface area contributed by atoms with E-state index < -0.39 is 8.80 Å². The van der Waals surface area contributed by atoms with Crippen molar-refractivity contribution in [1.82, 2.24) is 0 Å². The molecule has 0 spiro atoms. The van der Waals surface area contributed by atoms with Gasteiger partial charge in [0.25, 0.3) is 0 Å². The Labute approximate surface area is 123 Å². The number of rotatable bonds is 4. The van der Waals surface area contributed by atoms with Crippen molar-refractivity contribution >= 4 is 8.80 Å². The second-order valence-corrected chi connectivity index (χ2v) is 6.31. The van der Waals surface area contributed by atoms with E-state index in [9.17, 15) is 0 Å². The average Bonchev–Trinajstić information content (AvgIpc) is 2.19. The number of hydrogen-bond donors (Lipinski definition) is 2. The molecular weight excluding hydrogens is 264 g/mol. The quantitative estimate of drug-likeness (QED) is 0.781. The van der Waals surface area contributed by atoms with Crippen LogP contribution in [0.1, 0.15) is 50.0 Å². The molecule has 0 aliphatic rings. The van der Waals surface area contributed by atoms with E-state index in [-0.39, 0.29) is 34.5 Å². The van der Waals surface area contributed by atoms with Gasteiger partial charge in [-0.3, -0.25) is 0 Å². The molecule has 5 nitrogen and oxygen atoms in total. The zero-order valence-corrected chi connectivity index (χ0v) is 12.8. The van der Waals surface area contributed by atoms with Crippen molar-refractivity contribution in [3.63, 3.8) is 0 Å². The summed E-state index contributed by atoms with van der Waals surface area (Å²) in [5.41, 5.74) is 0. The predicted octanol–water partition coefficient (Wildman–Crippen LogP) is 3.18. The molecule has 0 fully saturated rings. The summed E-state index contributed by atoms with van der Waals surface area (Å²) in [5.74, 6) is 0. The molecule has 0 aromatic heterocycles. The van der Waals surface area contributed by atoms with Crippen molar-refractivity contribution in [3.8, 4) is 0 Å². The van der Waals surface area contributed by atoms with Crippen LogP contribution in [0.5, 0.6) is 0 Å². The second kappa shape index (κ2) is 23.1. The largest absolute Gasteiger partial charge is 0.497 e. The van der Waals surface area contributed by atoms with Crippen molar-refractivity contribution in [3.05, 3.63) is 0 Å². The lowest BCUT2D eigenvalue weighted by Crippen LogP contribution is -2.42. The van der Waals surface area contributed by atoms with E-state index in [0.29, 0.717) is 0 Å². The summed E-state index contributed by atoms with van der Waals surface area (Å²) in [7, 11) is 1.96. The van der Waals surface area contributed by atoms with Gasteiger partial charge < -0.3 is 23.5 Å². The summed E-state index contributed by atoms with van der Waals surface area (Å²) < 4.78 is 15.6. The minimum Gasteiger partial charge on any atom is -0.400 e. The van der Waals surface area contributed by atoms with Gasteiger partial charge in [0.1, 0.15) is 0 Å². The van der Waals surface area contributed by atoms with Crippen molar-refractivity contribution in [2.24, 2.45) is 0 Å². The van der Waals surface area contributed by atoms with E-state index in [2.05, 4.69) is 0 Å². The molecule has 0 atom stereocenters. The zero-order valence-electron chi connectivity index (χ0n) is 11.8. The highest BCUT2D eigenvalue weighted by Crippen LogP contribution is 2.08. The fraction of sp³-hybridized carbons (Fsp3) is 1.00. The topological polar surface area (TPSA) is 68.2 Å². The molecule has 0 rings (SSSR count). The van der Waals surface area contributed by atoms with Gasteiger partial charge in [-0.2, -0.15) is 0 Å². The van der Waals surface area contributed by atoms with Crippen LogP contribution in [-0.2, 0) is 13.3 Å². The van der Waals surface area contributed by atoms with Crippen molar-refractivity contribution in [2.75, 3.05) is 21.3 Å². The standard InChI is InChI=1S/C6H16O3Si.C3H8O.CH4O.3CH4/c1-6(2)9-10(5,7-3)8-4;1-3(2)4;1-2;;;/h6H,1-5H3;3-4H,1-2H3;2H,1H3;3*1H4. The van der Waals surface area contributed by atoms with E-state index in [0.717, 1.165) is 7.11 Å². The van der Waals surface area contributed by atoms with Crippen LogP contribution in [0.2, 0.25) is 6.55 Å². The summed E-state index contributed by atoms with van der Waals surface area (Å²) >= 11 is 0. The van der Waals surface area contributed by atoms with Gasteiger partial charge in [0.2, 0.25) is 0 Å². The summed E-state index contributed by atoms with van der Waals surface area (Å²) in [6.45, 7) is 9.24. The Bertz CT molecular complexity index is 125. The van der Waals surface area contributed by atoms with E-state index in [4.69, 9.17) is 23.5 Å². The third kappa shape index (κ3) is 38.1. The third-order valence-electron chi connectivity index (χ3n) is 1.19. The Morgan fingerprint density at radius 1 is 0.842 bits per heavy atom. The molecule has 0 amide bonds. The molecule has 19 heavy (non-hydrogen) atoms. The highest BCUT2D eigenvalue weighted by atomic mass is 28.4. The van der Waals surface area contributed by atoms with Crippen LogP contribution in [0.15, 0.2) is 0 Å². The maximum atomic E-state index is 8.06. The fourth-order valence-electron chi connectivity index (χ4n) is 0.608. The van der Waals surface area contributed by atoms with E-state index in [1.54, 1.807) is 28.1 Å². The van der Waals surface area contributed by atoms with Crippen LogP contribution in [0.3, 0.4) is 0 Å². The van der Waals surface area contributed by atoms with Crippen molar-refractivity contribution < 1.29 is 23.5 Å².